The van der Waals surface area contributed by atoms with Gasteiger partial charge >= 0.3 is 0 Å². The van der Waals surface area contributed by atoms with E-state index in [1.165, 1.54) is 12.8 Å². The second kappa shape index (κ2) is 7.20. The SMILES string of the molecule is CCC(CC)CN(CC)c1ccccc1C(C)=O. The first-order valence-corrected chi connectivity index (χ1v) is 6.98. The average molecular weight is 247 g/mol. The Hall–Kier alpha value is -1.31. The molecule has 0 N–H and O–H groups in total. The zero-order valence-electron chi connectivity index (χ0n) is 12.1. The van der Waals surface area contributed by atoms with Crippen LogP contribution in [0.15, 0.2) is 24.3 Å². The highest BCUT2D eigenvalue weighted by Gasteiger charge is 2.15. The molecule has 1 rings (SSSR count). The summed E-state index contributed by atoms with van der Waals surface area (Å²) in [7, 11) is 0. The highest BCUT2D eigenvalue weighted by atomic mass is 16.1. The van der Waals surface area contributed by atoms with E-state index >= 15 is 0 Å². The van der Waals surface area contributed by atoms with Crippen LogP contribution in [0.5, 0.6) is 0 Å². The van der Waals surface area contributed by atoms with E-state index in [0.717, 1.165) is 24.3 Å². The second-order valence-corrected chi connectivity index (χ2v) is 4.79. The summed E-state index contributed by atoms with van der Waals surface area (Å²) in [5.41, 5.74) is 1.92. The molecule has 0 aliphatic heterocycles. The van der Waals surface area contributed by atoms with Crippen LogP contribution in [-0.2, 0) is 0 Å². The van der Waals surface area contributed by atoms with Crippen LogP contribution in [0.1, 0.15) is 50.9 Å². The molecule has 1 aromatic rings. The molecule has 0 radical (unpaired) electrons. The number of hydrogen-bond donors (Lipinski definition) is 0. The Morgan fingerprint density at radius 3 is 2.28 bits per heavy atom. The van der Waals surface area contributed by atoms with Crippen LogP contribution in [0.25, 0.3) is 0 Å². The van der Waals surface area contributed by atoms with E-state index in [0.29, 0.717) is 5.92 Å². The number of anilines is 1. The fourth-order valence-electron chi connectivity index (χ4n) is 2.30. The monoisotopic (exact) mass is 247 g/mol. The van der Waals surface area contributed by atoms with Crippen molar-refractivity contribution in [2.24, 2.45) is 5.92 Å². The largest absolute Gasteiger partial charge is 0.371 e. The van der Waals surface area contributed by atoms with Crippen molar-refractivity contribution in [2.45, 2.75) is 40.5 Å². The van der Waals surface area contributed by atoms with Crippen LogP contribution in [-0.4, -0.2) is 18.9 Å². The zero-order valence-corrected chi connectivity index (χ0v) is 12.1. The van der Waals surface area contributed by atoms with Crippen molar-refractivity contribution in [2.75, 3.05) is 18.0 Å². The molecule has 0 aliphatic rings. The van der Waals surface area contributed by atoms with E-state index in [1.807, 2.05) is 18.2 Å². The van der Waals surface area contributed by atoms with Crippen molar-refractivity contribution < 1.29 is 4.79 Å². The quantitative estimate of drug-likeness (QED) is 0.675. The first-order valence-electron chi connectivity index (χ1n) is 6.98. The molecule has 0 spiro atoms. The normalized spacial score (nSPS) is 10.7. The molecule has 0 aliphatic carbocycles. The number of ketones is 1. The molecule has 0 atom stereocenters. The highest BCUT2D eigenvalue weighted by molar-refractivity contribution is 5.99. The van der Waals surface area contributed by atoms with Gasteiger partial charge in [0.15, 0.2) is 5.78 Å². The summed E-state index contributed by atoms with van der Waals surface area (Å²) in [6.45, 7) is 10.2. The Morgan fingerprint density at radius 2 is 1.78 bits per heavy atom. The van der Waals surface area contributed by atoms with Gasteiger partial charge in [-0.2, -0.15) is 0 Å². The molecular weight excluding hydrogens is 222 g/mol. The predicted molar refractivity (Wildman–Crippen MR) is 78.4 cm³/mol. The van der Waals surface area contributed by atoms with Crippen molar-refractivity contribution in [3.05, 3.63) is 29.8 Å². The number of benzene rings is 1. The topological polar surface area (TPSA) is 20.3 Å². The minimum atomic E-state index is 0.147. The third kappa shape index (κ3) is 3.59. The van der Waals surface area contributed by atoms with Crippen LogP contribution in [0.3, 0.4) is 0 Å². The lowest BCUT2D eigenvalue weighted by molar-refractivity contribution is 0.101. The summed E-state index contributed by atoms with van der Waals surface area (Å²) in [6.07, 6.45) is 2.38. The highest BCUT2D eigenvalue weighted by Crippen LogP contribution is 2.23. The van der Waals surface area contributed by atoms with E-state index in [-0.39, 0.29) is 5.78 Å². The molecule has 0 unspecified atom stereocenters. The van der Waals surface area contributed by atoms with Gasteiger partial charge in [0.25, 0.3) is 0 Å². The predicted octanol–water partition coefficient (Wildman–Crippen LogP) is 4.15. The zero-order chi connectivity index (χ0) is 13.5. The molecule has 18 heavy (non-hydrogen) atoms. The number of Topliss-reactive ketones (excluding diaryl/α,β-unsaturated/α-hetero) is 1. The van der Waals surface area contributed by atoms with Crippen molar-refractivity contribution >= 4 is 11.5 Å². The summed E-state index contributed by atoms with van der Waals surface area (Å²) in [5, 5.41) is 0. The van der Waals surface area contributed by atoms with Gasteiger partial charge in [-0.1, -0.05) is 38.8 Å². The fourth-order valence-corrected chi connectivity index (χ4v) is 2.30. The first kappa shape index (κ1) is 14.7. The van der Waals surface area contributed by atoms with Gasteiger partial charge in [-0.3, -0.25) is 4.79 Å². The van der Waals surface area contributed by atoms with E-state index < -0.39 is 0 Å². The first-order chi connectivity index (χ1) is 8.63. The number of rotatable bonds is 7. The Morgan fingerprint density at radius 1 is 1.17 bits per heavy atom. The molecule has 0 amide bonds. The Bertz CT molecular complexity index is 382. The summed E-state index contributed by atoms with van der Waals surface area (Å²) >= 11 is 0. The number of hydrogen-bond acceptors (Lipinski definition) is 2. The van der Waals surface area contributed by atoms with Gasteiger partial charge < -0.3 is 4.90 Å². The number of carbonyl (C=O) groups is 1. The van der Waals surface area contributed by atoms with Gasteiger partial charge in [0.2, 0.25) is 0 Å². The average Bonchev–Trinajstić information content (AvgIpc) is 2.40. The maximum atomic E-state index is 11.7. The summed E-state index contributed by atoms with van der Waals surface area (Å²) in [4.78, 5) is 14.0. The van der Waals surface area contributed by atoms with Crippen LogP contribution in [0, 0.1) is 5.92 Å². The van der Waals surface area contributed by atoms with Crippen LogP contribution < -0.4 is 4.90 Å². The van der Waals surface area contributed by atoms with E-state index in [1.54, 1.807) is 6.92 Å². The van der Waals surface area contributed by atoms with Gasteiger partial charge in [0, 0.05) is 24.3 Å². The van der Waals surface area contributed by atoms with Crippen molar-refractivity contribution in [3.8, 4) is 0 Å². The van der Waals surface area contributed by atoms with Crippen molar-refractivity contribution in [1.82, 2.24) is 0 Å². The standard InChI is InChI=1S/C16H25NO/c1-5-14(6-2)12-17(7-3)16-11-9-8-10-15(16)13(4)18/h8-11,14H,5-7,12H2,1-4H3. The van der Waals surface area contributed by atoms with E-state index in [9.17, 15) is 4.79 Å². The number of para-hydroxylation sites is 1. The molecule has 2 heteroatoms. The van der Waals surface area contributed by atoms with Crippen LogP contribution in [0.4, 0.5) is 5.69 Å². The molecule has 0 saturated carbocycles. The van der Waals surface area contributed by atoms with Crippen molar-refractivity contribution in [1.29, 1.82) is 0 Å². The lowest BCUT2D eigenvalue weighted by Gasteiger charge is -2.28. The number of nitrogens with zero attached hydrogens (tertiary/aromatic N) is 1. The maximum Gasteiger partial charge on any atom is 0.161 e. The smallest absolute Gasteiger partial charge is 0.161 e. The lowest BCUT2D eigenvalue weighted by Crippen LogP contribution is -2.30. The number of carbonyl (C=O) groups excluding carboxylic acids is 1. The Balaban J connectivity index is 2.97. The summed E-state index contributed by atoms with van der Waals surface area (Å²) in [5.74, 6) is 0.846. The third-order valence-corrected chi connectivity index (χ3v) is 3.64. The van der Waals surface area contributed by atoms with Gasteiger partial charge in [-0.25, -0.2) is 0 Å². The molecule has 0 saturated heterocycles. The summed E-state index contributed by atoms with van der Waals surface area (Å²) in [6, 6.07) is 7.93. The minimum Gasteiger partial charge on any atom is -0.371 e. The summed E-state index contributed by atoms with van der Waals surface area (Å²) < 4.78 is 0. The van der Waals surface area contributed by atoms with Crippen molar-refractivity contribution in [3.63, 3.8) is 0 Å². The van der Waals surface area contributed by atoms with Gasteiger partial charge in [-0.15, -0.1) is 0 Å². The Labute approximate surface area is 111 Å². The van der Waals surface area contributed by atoms with E-state index in [2.05, 4.69) is 31.7 Å². The molecule has 1 aromatic carbocycles. The molecule has 0 aromatic heterocycles. The molecule has 0 bridgehead atoms. The Kier molecular flexibility index (Phi) is 5.90. The van der Waals surface area contributed by atoms with Crippen LogP contribution >= 0.6 is 0 Å². The molecule has 2 nitrogen and oxygen atoms in total. The van der Waals surface area contributed by atoms with Crippen LogP contribution in [0.2, 0.25) is 0 Å². The molecule has 0 fully saturated rings. The lowest BCUT2D eigenvalue weighted by atomic mass is 10.0. The van der Waals surface area contributed by atoms with Gasteiger partial charge in [-0.05, 0) is 31.9 Å². The molecule has 100 valence electrons. The van der Waals surface area contributed by atoms with Gasteiger partial charge in [0.05, 0.1) is 0 Å². The fraction of sp³-hybridized carbons (Fsp3) is 0.562. The molecular formula is C16H25NO. The van der Waals surface area contributed by atoms with E-state index in [4.69, 9.17) is 0 Å². The third-order valence-electron chi connectivity index (χ3n) is 3.64. The van der Waals surface area contributed by atoms with Gasteiger partial charge in [0.1, 0.15) is 0 Å². The maximum absolute atomic E-state index is 11.7. The molecule has 0 heterocycles. The minimum absolute atomic E-state index is 0.147. The second-order valence-electron chi connectivity index (χ2n) is 4.79.